The molecule has 6 nitrogen and oxygen atoms in total. The lowest BCUT2D eigenvalue weighted by molar-refractivity contribution is -0.0247. The Kier molecular flexibility index (Phi) is 5.74. The molecule has 0 radical (unpaired) electrons. The van der Waals surface area contributed by atoms with Crippen LogP contribution in [0.1, 0.15) is 22.2 Å². The second kappa shape index (κ2) is 8.59. The number of anilines is 1. The number of pyridine rings is 2. The van der Waals surface area contributed by atoms with Gasteiger partial charge in [0.15, 0.2) is 0 Å². The van der Waals surface area contributed by atoms with Crippen LogP contribution in [-0.2, 0) is 4.74 Å². The van der Waals surface area contributed by atoms with E-state index in [1.807, 2.05) is 42.6 Å². The van der Waals surface area contributed by atoms with E-state index in [0.29, 0.717) is 36.1 Å². The van der Waals surface area contributed by atoms with E-state index in [4.69, 9.17) is 16.3 Å². The fraction of sp³-hybridized carbons (Fsp3) is 0.227. The average Bonchev–Trinajstić information content (AvgIpc) is 2.79. The Morgan fingerprint density at radius 1 is 1.17 bits per heavy atom. The van der Waals surface area contributed by atoms with Crippen molar-refractivity contribution in [1.29, 1.82) is 0 Å². The normalized spacial score (nSPS) is 16.5. The SMILES string of the molecule is CNc1cc(C(=O)N2CCOC(c3ccc(-c4cccc(Cl)c4)cn3)C2)ccn1. The number of nitrogens with zero attached hydrogens (tertiary/aromatic N) is 3. The van der Waals surface area contributed by atoms with E-state index in [2.05, 4.69) is 15.3 Å². The third-order valence-electron chi connectivity index (χ3n) is 4.89. The molecule has 1 aromatic carbocycles. The van der Waals surface area contributed by atoms with Gasteiger partial charge in [-0.1, -0.05) is 29.8 Å². The Hall–Kier alpha value is -2.96. The van der Waals surface area contributed by atoms with Gasteiger partial charge < -0.3 is 15.0 Å². The number of nitrogens with one attached hydrogen (secondary N) is 1. The number of hydrogen-bond acceptors (Lipinski definition) is 5. The van der Waals surface area contributed by atoms with Gasteiger partial charge in [-0.25, -0.2) is 4.98 Å². The molecule has 1 unspecified atom stereocenters. The van der Waals surface area contributed by atoms with E-state index in [1.165, 1.54) is 0 Å². The molecule has 1 amide bonds. The van der Waals surface area contributed by atoms with E-state index in [0.717, 1.165) is 16.8 Å². The van der Waals surface area contributed by atoms with Crippen LogP contribution in [0.25, 0.3) is 11.1 Å². The number of carbonyl (C=O) groups excluding carboxylic acids is 1. The van der Waals surface area contributed by atoms with Crippen LogP contribution in [0.15, 0.2) is 60.9 Å². The smallest absolute Gasteiger partial charge is 0.254 e. The highest BCUT2D eigenvalue weighted by Gasteiger charge is 2.27. The van der Waals surface area contributed by atoms with Crippen molar-refractivity contribution >= 4 is 23.3 Å². The topological polar surface area (TPSA) is 67.4 Å². The molecule has 1 aliphatic heterocycles. The van der Waals surface area contributed by atoms with Crippen molar-refractivity contribution < 1.29 is 9.53 Å². The van der Waals surface area contributed by atoms with E-state index in [-0.39, 0.29) is 12.0 Å². The molecule has 1 atom stereocenters. The first kappa shape index (κ1) is 19.4. The van der Waals surface area contributed by atoms with Crippen molar-refractivity contribution in [2.45, 2.75) is 6.10 Å². The average molecular weight is 409 g/mol. The van der Waals surface area contributed by atoms with Crippen LogP contribution < -0.4 is 5.32 Å². The lowest BCUT2D eigenvalue weighted by Crippen LogP contribution is -2.42. The molecule has 0 saturated carbocycles. The zero-order valence-corrected chi connectivity index (χ0v) is 16.8. The van der Waals surface area contributed by atoms with Crippen LogP contribution in [0.2, 0.25) is 5.02 Å². The summed E-state index contributed by atoms with van der Waals surface area (Å²) in [7, 11) is 1.78. The molecule has 3 heterocycles. The maximum atomic E-state index is 12.9. The number of rotatable bonds is 4. The van der Waals surface area contributed by atoms with Crippen molar-refractivity contribution in [2.75, 3.05) is 32.1 Å². The molecule has 4 rings (SSSR count). The highest BCUT2D eigenvalue weighted by Crippen LogP contribution is 2.26. The Balaban J connectivity index is 1.48. The van der Waals surface area contributed by atoms with Gasteiger partial charge in [0.1, 0.15) is 11.9 Å². The summed E-state index contributed by atoms with van der Waals surface area (Å²) in [5.74, 6) is 0.631. The van der Waals surface area contributed by atoms with Crippen LogP contribution in [0.5, 0.6) is 0 Å². The van der Waals surface area contributed by atoms with E-state index in [9.17, 15) is 4.79 Å². The Bertz CT molecular complexity index is 1010. The highest BCUT2D eigenvalue weighted by atomic mass is 35.5. The third-order valence-corrected chi connectivity index (χ3v) is 5.13. The summed E-state index contributed by atoms with van der Waals surface area (Å²) in [4.78, 5) is 23.4. The van der Waals surface area contributed by atoms with Gasteiger partial charge in [-0.3, -0.25) is 9.78 Å². The maximum Gasteiger partial charge on any atom is 0.254 e. The molecule has 148 valence electrons. The first-order chi connectivity index (χ1) is 14.1. The summed E-state index contributed by atoms with van der Waals surface area (Å²) in [6, 6.07) is 15.1. The molecule has 1 saturated heterocycles. The van der Waals surface area contributed by atoms with Crippen LogP contribution in [-0.4, -0.2) is 47.5 Å². The highest BCUT2D eigenvalue weighted by molar-refractivity contribution is 6.30. The van der Waals surface area contributed by atoms with Crippen molar-refractivity contribution in [3.05, 3.63) is 77.2 Å². The maximum absolute atomic E-state index is 12.9. The van der Waals surface area contributed by atoms with Crippen LogP contribution >= 0.6 is 11.6 Å². The molecule has 3 aromatic rings. The van der Waals surface area contributed by atoms with Crippen LogP contribution in [0.4, 0.5) is 5.82 Å². The standard InChI is InChI=1S/C22H21ClN4O2/c1-24-21-12-16(7-8-25-21)22(28)27-9-10-29-20(14-27)19-6-5-17(13-26-19)15-3-2-4-18(23)11-15/h2-8,11-13,20H,9-10,14H2,1H3,(H,24,25). The fourth-order valence-corrected chi connectivity index (χ4v) is 3.52. The third kappa shape index (κ3) is 4.39. The van der Waals surface area contributed by atoms with Gasteiger partial charge in [0, 0.05) is 42.1 Å². The monoisotopic (exact) mass is 408 g/mol. The largest absolute Gasteiger partial charge is 0.373 e. The minimum atomic E-state index is -0.258. The zero-order valence-electron chi connectivity index (χ0n) is 16.0. The quantitative estimate of drug-likeness (QED) is 0.705. The summed E-state index contributed by atoms with van der Waals surface area (Å²) < 4.78 is 5.89. The second-order valence-electron chi connectivity index (χ2n) is 6.77. The van der Waals surface area contributed by atoms with Crippen molar-refractivity contribution in [3.8, 4) is 11.1 Å². The van der Waals surface area contributed by atoms with E-state index >= 15 is 0 Å². The van der Waals surface area contributed by atoms with Crippen molar-refractivity contribution in [2.24, 2.45) is 0 Å². The lowest BCUT2D eigenvalue weighted by atomic mass is 10.1. The minimum absolute atomic E-state index is 0.0345. The number of benzene rings is 1. The molecule has 0 aliphatic carbocycles. The molecule has 1 fully saturated rings. The molecule has 2 aromatic heterocycles. The Labute approximate surface area is 174 Å². The fourth-order valence-electron chi connectivity index (χ4n) is 3.33. The molecular formula is C22H21ClN4O2. The number of amides is 1. The van der Waals surface area contributed by atoms with Gasteiger partial charge in [-0.2, -0.15) is 0 Å². The van der Waals surface area contributed by atoms with Crippen LogP contribution in [0, 0.1) is 0 Å². The van der Waals surface area contributed by atoms with E-state index < -0.39 is 0 Å². The molecular weight excluding hydrogens is 388 g/mol. The van der Waals surface area contributed by atoms with Gasteiger partial charge in [-0.15, -0.1) is 0 Å². The summed E-state index contributed by atoms with van der Waals surface area (Å²) in [5, 5.41) is 3.65. The summed E-state index contributed by atoms with van der Waals surface area (Å²) in [6.07, 6.45) is 3.19. The number of ether oxygens (including phenoxy) is 1. The predicted octanol–water partition coefficient (Wildman–Crippen LogP) is 4.05. The van der Waals surface area contributed by atoms with Gasteiger partial charge in [-0.05, 0) is 35.9 Å². The summed E-state index contributed by atoms with van der Waals surface area (Å²) in [6.45, 7) is 1.48. The predicted molar refractivity (Wildman–Crippen MR) is 113 cm³/mol. The Morgan fingerprint density at radius 3 is 2.83 bits per heavy atom. The van der Waals surface area contributed by atoms with Gasteiger partial charge in [0.2, 0.25) is 0 Å². The van der Waals surface area contributed by atoms with Crippen molar-refractivity contribution in [3.63, 3.8) is 0 Å². The van der Waals surface area contributed by atoms with Gasteiger partial charge >= 0.3 is 0 Å². The molecule has 0 bridgehead atoms. The lowest BCUT2D eigenvalue weighted by Gasteiger charge is -2.32. The molecule has 1 N–H and O–H groups in total. The molecule has 29 heavy (non-hydrogen) atoms. The summed E-state index contributed by atoms with van der Waals surface area (Å²) in [5.41, 5.74) is 3.40. The Morgan fingerprint density at radius 2 is 2.07 bits per heavy atom. The number of halogens is 1. The molecule has 1 aliphatic rings. The number of aromatic nitrogens is 2. The second-order valence-corrected chi connectivity index (χ2v) is 7.21. The molecule has 7 heteroatoms. The first-order valence-electron chi connectivity index (χ1n) is 9.40. The van der Waals surface area contributed by atoms with Crippen LogP contribution in [0.3, 0.4) is 0 Å². The van der Waals surface area contributed by atoms with Gasteiger partial charge in [0.25, 0.3) is 5.91 Å². The summed E-state index contributed by atoms with van der Waals surface area (Å²) >= 11 is 6.08. The number of hydrogen-bond donors (Lipinski definition) is 1. The minimum Gasteiger partial charge on any atom is -0.373 e. The molecule has 0 spiro atoms. The zero-order chi connectivity index (χ0) is 20.2. The first-order valence-corrected chi connectivity index (χ1v) is 9.78. The number of morpholine rings is 1. The number of carbonyl (C=O) groups is 1. The van der Waals surface area contributed by atoms with Gasteiger partial charge in [0.05, 0.1) is 18.8 Å². The van der Waals surface area contributed by atoms with Crippen molar-refractivity contribution in [1.82, 2.24) is 14.9 Å². The van der Waals surface area contributed by atoms with E-state index in [1.54, 1.807) is 30.3 Å².